The number of hydrogen-bond acceptors (Lipinski definition) is 4. The number of ketones is 1. The molecule has 0 spiro atoms. The average Bonchev–Trinajstić information content (AvgIpc) is 2.29. The third kappa shape index (κ3) is 1.12. The van der Waals surface area contributed by atoms with E-state index < -0.39 is 0 Å². The van der Waals surface area contributed by atoms with Crippen LogP contribution in [0.1, 0.15) is 28.7 Å². The largest absolute Gasteiger partial charge is 0.375 e. The highest BCUT2D eigenvalue weighted by Gasteiger charge is 2.25. The second-order valence-electron chi connectivity index (χ2n) is 3.26. The third-order valence-electron chi connectivity index (χ3n) is 2.04. The molecule has 3 nitrogen and oxygen atoms in total. The highest BCUT2D eigenvalue weighted by Crippen LogP contribution is 2.30. The second kappa shape index (κ2) is 2.55. The zero-order chi connectivity index (χ0) is 8.72. The number of hydrogen-bond donors (Lipinski definition) is 1. The Morgan fingerprint density at radius 1 is 1.58 bits per heavy atom. The number of nitrogens with zero attached hydrogens (tertiary/aromatic N) is 1. The Morgan fingerprint density at radius 3 is 3.08 bits per heavy atom. The molecule has 0 aromatic carbocycles. The number of carbonyl (C=O) groups is 1. The molecule has 1 aromatic heterocycles. The summed E-state index contributed by atoms with van der Waals surface area (Å²) in [6.07, 6.45) is 1.55. The molecule has 0 unspecified atom stereocenters. The van der Waals surface area contributed by atoms with Gasteiger partial charge in [0.2, 0.25) is 0 Å². The predicted molar refractivity (Wildman–Crippen MR) is 48.3 cm³/mol. The Morgan fingerprint density at radius 2 is 2.33 bits per heavy atom. The molecule has 1 aliphatic rings. The Labute approximate surface area is 74.6 Å². The number of nitrogens with two attached hydrogens (primary N) is 1. The average molecular weight is 182 g/mol. The first-order valence-corrected chi connectivity index (χ1v) is 4.77. The standard InChI is InChI=1S/C8H10N2OS/c1-4-2-5-7(6(11)3-4)12-8(9)10-5/h4H,2-3H2,1H3,(H2,9,10)/t4-/m0/s1. The van der Waals surface area contributed by atoms with Crippen molar-refractivity contribution >= 4 is 22.3 Å². The number of aromatic nitrogens is 1. The van der Waals surface area contributed by atoms with Crippen LogP contribution in [-0.2, 0) is 6.42 Å². The summed E-state index contributed by atoms with van der Waals surface area (Å²) >= 11 is 1.32. The van der Waals surface area contributed by atoms with Crippen LogP contribution in [0.3, 0.4) is 0 Å². The molecule has 0 amide bonds. The molecule has 1 aromatic rings. The second-order valence-corrected chi connectivity index (χ2v) is 4.30. The minimum Gasteiger partial charge on any atom is -0.375 e. The van der Waals surface area contributed by atoms with Crippen LogP contribution in [0.5, 0.6) is 0 Å². The summed E-state index contributed by atoms with van der Waals surface area (Å²) in [6.45, 7) is 2.07. The summed E-state index contributed by atoms with van der Waals surface area (Å²) in [6, 6.07) is 0. The van der Waals surface area contributed by atoms with Crippen LogP contribution in [0.15, 0.2) is 0 Å². The smallest absolute Gasteiger partial charge is 0.180 e. The van der Waals surface area contributed by atoms with Gasteiger partial charge in [-0.2, -0.15) is 0 Å². The van der Waals surface area contributed by atoms with Gasteiger partial charge < -0.3 is 5.73 Å². The van der Waals surface area contributed by atoms with Crippen molar-refractivity contribution in [3.63, 3.8) is 0 Å². The van der Waals surface area contributed by atoms with E-state index in [1.54, 1.807) is 0 Å². The number of carbonyl (C=O) groups excluding carboxylic acids is 1. The third-order valence-corrected chi connectivity index (χ3v) is 3.01. The number of anilines is 1. The monoisotopic (exact) mass is 182 g/mol. The summed E-state index contributed by atoms with van der Waals surface area (Å²) in [4.78, 5) is 16.3. The normalized spacial score (nSPS) is 22.4. The molecule has 0 bridgehead atoms. The molecule has 2 rings (SSSR count). The number of rotatable bonds is 0. The molecular weight excluding hydrogens is 172 g/mol. The highest BCUT2D eigenvalue weighted by atomic mass is 32.1. The molecule has 2 N–H and O–H groups in total. The van der Waals surface area contributed by atoms with E-state index in [1.807, 2.05) is 0 Å². The molecular formula is C8H10N2OS. The molecule has 0 saturated heterocycles. The Hall–Kier alpha value is -0.900. The van der Waals surface area contributed by atoms with E-state index in [4.69, 9.17) is 5.73 Å². The fourth-order valence-corrected chi connectivity index (χ4v) is 2.35. The van der Waals surface area contributed by atoms with Crippen molar-refractivity contribution in [1.82, 2.24) is 4.98 Å². The van der Waals surface area contributed by atoms with E-state index in [1.165, 1.54) is 11.3 Å². The summed E-state index contributed by atoms with van der Waals surface area (Å²) in [7, 11) is 0. The zero-order valence-electron chi connectivity index (χ0n) is 6.83. The Kier molecular flexibility index (Phi) is 1.65. The van der Waals surface area contributed by atoms with Gasteiger partial charge in [-0.15, -0.1) is 0 Å². The van der Waals surface area contributed by atoms with Gasteiger partial charge in [0.25, 0.3) is 0 Å². The maximum atomic E-state index is 11.4. The number of nitrogen functional groups attached to an aromatic ring is 1. The van der Waals surface area contributed by atoms with Gasteiger partial charge in [0.1, 0.15) is 0 Å². The van der Waals surface area contributed by atoms with E-state index in [0.717, 1.165) is 17.0 Å². The van der Waals surface area contributed by atoms with E-state index in [0.29, 0.717) is 17.5 Å². The van der Waals surface area contributed by atoms with Gasteiger partial charge in [-0.3, -0.25) is 4.79 Å². The zero-order valence-corrected chi connectivity index (χ0v) is 7.65. The van der Waals surface area contributed by atoms with Gasteiger partial charge in [0.05, 0.1) is 10.6 Å². The minimum atomic E-state index is 0.206. The van der Waals surface area contributed by atoms with Crippen molar-refractivity contribution in [2.45, 2.75) is 19.8 Å². The first-order valence-electron chi connectivity index (χ1n) is 3.95. The van der Waals surface area contributed by atoms with Crippen LogP contribution in [0.4, 0.5) is 5.13 Å². The van der Waals surface area contributed by atoms with Gasteiger partial charge in [-0.05, 0) is 12.3 Å². The van der Waals surface area contributed by atoms with Gasteiger partial charge in [0.15, 0.2) is 10.9 Å². The lowest BCUT2D eigenvalue weighted by atomic mass is 9.92. The van der Waals surface area contributed by atoms with E-state index in [9.17, 15) is 4.79 Å². The number of thiazole rings is 1. The van der Waals surface area contributed by atoms with Gasteiger partial charge >= 0.3 is 0 Å². The molecule has 12 heavy (non-hydrogen) atoms. The fourth-order valence-electron chi connectivity index (χ4n) is 1.54. The van der Waals surface area contributed by atoms with Gasteiger partial charge in [-0.25, -0.2) is 4.98 Å². The van der Waals surface area contributed by atoms with Crippen molar-refractivity contribution in [1.29, 1.82) is 0 Å². The van der Waals surface area contributed by atoms with Crippen LogP contribution in [0, 0.1) is 5.92 Å². The minimum absolute atomic E-state index is 0.206. The molecule has 0 aliphatic heterocycles. The predicted octanol–water partition coefficient (Wildman–Crippen LogP) is 1.49. The molecule has 1 heterocycles. The van der Waals surface area contributed by atoms with E-state index >= 15 is 0 Å². The first-order chi connectivity index (χ1) is 5.66. The fraction of sp³-hybridized carbons (Fsp3) is 0.500. The van der Waals surface area contributed by atoms with Crippen molar-refractivity contribution in [3.8, 4) is 0 Å². The molecule has 0 fully saturated rings. The van der Waals surface area contributed by atoms with Crippen LogP contribution < -0.4 is 5.73 Å². The number of fused-ring (bicyclic) bond motifs is 1. The van der Waals surface area contributed by atoms with Gasteiger partial charge in [0, 0.05) is 6.42 Å². The molecule has 1 atom stereocenters. The van der Waals surface area contributed by atoms with Crippen LogP contribution in [-0.4, -0.2) is 10.8 Å². The maximum absolute atomic E-state index is 11.4. The lowest BCUT2D eigenvalue weighted by Crippen LogP contribution is -2.16. The van der Waals surface area contributed by atoms with Crippen LogP contribution in [0.2, 0.25) is 0 Å². The summed E-state index contributed by atoms with van der Waals surface area (Å²) in [5.74, 6) is 0.629. The van der Waals surface area contributed by atoms with Crippen molar-refractivity contribution in [2.24, 2.45) is 5.92 Å². The molecule has 4 heteroatoms. The maximum Gasteiger partial charge on any atom is 0.180 e. The lowest BCUT2D eigenvalue weighted by molar-refractivity contribution is 0.0957. The van der Waals surface area contributed by atoms with Crippen LogP contribution in [0.25, 0.3) is 0 Å². The molecule has 64 valence electrons. The van der Waals surface area contributed by atoms with E-state index in [2.05, 4.69) is 11.9 Å². The Bertz CT molecular complexity index is 332. The van der Waals surface area contributed by atoms with Gasteiger partial charge in [-0.1, -0.05) is 18.3 Å². The quantitative estimate of drug-likeness (QED) is 0.661. The lowest BCUT2D eigenvalue weighted by Gasteiger charge is -2.14. The topological polar surface area (TPSA) is 56.0 Å². The summed E-state index contributed by atoms with van der Waals surface area (Å²) < 4.78 is 0. The highest BCUT2D eigenvalue weighted by molar-refractivity contribution is 7.17. The van der Waals surface area contributed by atoms with Crippen molar-refractivity contribution < 1.29 is 4.79 Å². The molecule has 0 radical (unpaired) electrons. The number of Topliss-reactive ketones (excluding diaryl/α,β-unsaturated/α-hetero) is 1. The Balaban J connectivity index is 2.46. The molecule has 0 saturated carbocycles. The van der Waals surface area contributed by atoms with E-state index in [-0.39, 0.29) is 5.78 Å². The summed E-state index contributed by atoms with van der Waals surface area (Å²) in [5.41, 5.74) is 6.43. The first kappa shape index (κ1) is 7.73. The SMILES string of the molecule is C[C@@H]1CC(=O)c2sc(N)nc2C1. The molecule has 1 aliphatic carbocycles. The summed E-state index contributed by atoms with van der Waals surface area (Å²) in [5, 5.41) is 0.516. The van der Waals surface area contributed by atoms with Crippen molar-refractivity contribution in [3.05, 3.63) is 10.6 Å². The van der Waals surface area contributed by atoms with Crippen LogP contribution >= 0.6 is 11.3 Å². The van der Waals surface area contributed by atoms with Crippen molar-refractivity contribution in [2.75, 3.05) is 5.73 Å².